The average molecular weight is 289 g/mol. The monoisotopic (exact) mass is 289 g/mol. The fourth-order valence-corrected chi connectivity index (χ4v) is 2.61. The molecule has 0 radical (unpaired) electrons. The molecule has 0 aromatic carbocycles. The highest BCUT2D eigenvalue weighted by atomic mass is 16.5. The Hall–Kier alpha value is -1.97. The normalized spacial score (nSPS) is 13.9. The standard InChI is InChI=1S/C17H23NO3/c1-13-6-7-16(21-13)17(3,9-5-11-20-14(2)19)15-8-10-18(4)12-15/h6-8,10,12H,5,9,11H2,1-4H3. The van der Waals surface area contributed by atoms with Gasteiger partial charge >= 0.3 is 5.97 Å². The predicted octanol–water partition coefficient (Wildman–Crippen LogP) is 3.58. The van der Waals surface area contributed by atoms with Crippen molar-refractivity contribution < 1.29 is 13.9 Å². The summed E-state index contributed by atoms with van der Waals surface area (Å²) in [5, 5.41) is 0. The van der Waals surface area contributed by atoms with Gasteiger partial charge in [0.05, 0.1) is 12.0 Å². The van der Waals surface area contributed by atoms with E-state index in [4.69, 9.17) is 9.15 Å². The van der Waals surface area contributed by atoms with Gasteiger partial charge in [0.1, 0.15) is 11.5 Å². The van der Waals surface area contributed by atoms with Gasteiger partial charge in [-0.2, -0.15) is 0 Å². The van der Waals surface area contributed by atoms with Crippen LogP contribution in [0.25, 0.3) is 0 Å². The highest BCUT2D eigenvalue weighted by Gasteiger charge is 2.32. The number of esters is 1. The molecule has 0 spiro atoms. The third-order valence-corrected chi connectivity index (χ3v) is 3.88. The number of aryl methyl sites for hydroxylation is 2. The number of aromatic nitrogens is 1. The molecule has 0 fully saturated rings. The lowest BCUT2D eigenvalue weighted by molar-refractivity contribution is -0.141. The zero-order valence-electron chi connectivity index (χ0n) is 13.2. The van der Waals surface area contributed by atoms with Crippen molar-refractivity contribution in [3.63, 3.8) is 0 Å². The Kier molecular flexibility index (Phi) is 4.56. The number of ether oxygens (including phenoxy) is 1. The van der Waals surface area contributed by atoms with E-state index in [0.717, 1.165) is 24.4 Å². The molecular formula is C17H23NO3. The minimum Gasteiger partial charge on any atom is -0.466 e. The summed E-state index contributed by atoms with van der Waals surface area (Å²) >= 11 is 0. The summed E-state index contributed by atoms with van der Waals surface area (Å²) in [4.78, 5) is 10.9. The molecule has 4 nitrogen and oxygen atoms in total. The van der Waals surface area contributed by atoms with Crippen molar-refractivity contribution in [1.82, 2.24) is 4.57 Å². The van der Waals surface area contributed by atoms with Gasteiger partial charge in [-0.1, -0.05) is 0 Å². The van der Waals surface area contributed by atoms with Crippen molar-refractivity contribution in [2.75, 3.05) is 6.61 Å². The summed E-state index contributed by atoms with van der Waals surface area (Å²) in [7, 11) is 2.01. The van der Waals surface area contributed by atoms with E-state index in [1.54, 1.807) is 0 Å². The molecule has 1 atom stereocenters. The molecule has 4 heteroatoms. The number of rotatable bonds is 6. The zero-order chi connectivity index (χ0) is 15.5. The lowest BCUT2D eigenvalue weighted by Gasteiger charge is -2.27. The van der Waals surface area contributed by atoms with Gasteiger partial charge in [-0.3, -0.25) is 4.79 Å². The first-order valence-electron chi connectivity index (χ1n) is 7.24. The van der Waals surface area contributed by atoms with Crippen LogP contribution in [0.5, 0.6) is 0 Å². The van der Waals surface area contributed by atoms with Crippen LogP contribution in [0.1, 0.15) is 43.8 Å². The lowest BCUT2D eigenvalue weighted by Crippen LogP contribution is -2.23. The Labute approximate surface area is 125 Å². The maximum Gasteiger partial charge on any atom is 0.302 e. The molecule has 2 aromatic rings. The number of hydrogen-bond donors (Lipinski definition) is 0. The second kappa shape index (κ2) is 6.20. The van der Waals surface area contributed by atoms with Crippen LogP contribution >= 0.6 is 0 Å². The Morgan fingerprint density at radius 3 is 2.67 bits per heavy atom. The first-order chi connectivity index (χ1) is 9.91. The number of furan rings is 1. The van der Waals surface area contributed by atoms with Crippen LogP contribution in [0.3, 0.4) is 0 Å². The summed E-state index contributed by atoms with van der Waals surface area (Å²) in [5.41, 5.74) is 0.998. The molecule has 2 rings (SSSR count). The summed E-state index contributed by atoms with van der Waals surface area (Å²) in [6.07, 6.45) is 5.81. The maximum atomic E-state index is 10.9. The summed E-state index contributed by atoms with van der Waals surface area (Å²) in [6.45, 7) is 6.01. The van der Waals surface area contributed by atoms with Gasteiger partial charge in [-0.25, -0.2) is 0 Å². The zero-order valence-corrected chi connectivity index (χ0v) is 13.2. The van der Waals surface area contributed by atoms with Crippen molar-refractivity contribution in [3.8, 4) is 0 Å². The first kappa shape index (κ1) is 15.4. The molecule has 0 N–H and O–H groups in total. The molecule has 0 aliphatic heterocycles. The van der Waals surface area contributed by atoms with Crippen molar-refractivity contribution in [2.45, 2.75) is 39.0 Å². The molecular weight excluding hydrogens is 266 g/mol. The van der Waals surface area contributed by atoms with Gasteiger partial charge in [0.2, 0.25) is 0 Å². The number of hydrogen-bond acceptors (Lipinski definition) is 3. The number of carbonyl (C=O) groups is 1. The highest BCUT2D eigenvalue weighted by molar-refractivity contribution is 5.65. The number of carbonyl (C=O) groups excluding carboxylic acids is 1. The van der Waals surface area contributed by atoms with Crippen molar-refractivity contribution >= 4 is 5.97 Å². The Morgan fingerprint density at radius 2 is 2.14 bits per heavy atom. The first-order valence-corrected chi connectivity index (χ1v) is 7.24. The molecule has 0 bridgehead atoms. The number of nitrogens with zero attached hydrogens (tertiary/aromatic N) is 1. The van der Waals surface area contributed by atoms with Gasteiger partial charge in [-0.15, -0.1) is 0 Å². The van der Waals surface area contributed by atoms with Crippen LogP contribution in [-0.4, -0.2) is 17.1 Å². The van der Waals surface area contributed by atoms with Gasteiger partial charge < -0.3 is 13.7 Å². The predicted molar refractivity (Wildman–Crippen MR) is 81.2 cm³/mol. The van der Waals surface area contributed by atoms with Gasteiger partial charge in [0.25, 0.3) is 0 Å². The van der Waals surface area contributed by atoms with Crippen LogP contribution in [-0.2, 0) is 22.0 Å². The van der Waals surface area contributed by atoms with Crippen LogP contribution in [0, 0.1) is 6.92 Å². The minimum absolute atomic E-state index is 0.213. The van der Waals surface area contributed by atoms with Gasteiger partial charge in [0.15, 0.2) is 0 Å². The fourth-order valence-electron chi connectivity index (χ4n) is 2.61. The minimum atomic E-state index is -0.231. The lowest BCUT2D eigenvalue weighted by atomic mass is 9.78. The molecule has 0 saturated carbocycles. The van der Waals surface area contributed by atoms with Crippen LogP contribution in [0.4, 0.5) is 0 Å². The molecule has 0 saturated heterocycles. The Morgan fingerprint density at radius 1 is 1.38 bits per heavy atom. The van der Waals surface area contributed by atoms with E-state index in [1.165, 1.54) is 12.5 Å². The second-order valence-electron chi connectivity index (χ2n) is 5.75. The largest absolute Gasteiger partial charge is 0.466 e. The van der Waals surface area contributed by atoms with Gasteiger partial charge in [0, 0.05) is 26.4 Å². The van der Waals surface area contributed by atoms with E-state index in [-0.39, 0.29) is 11.4 Å². The summed E-state index contributed by atoms with van der Waals surface area (Å²) in [6, 6.07) is 6.14. The topological polar surface area (TPSA) is 44.4 Å². The Bertz CT molecular complexity index is 569. The molecule has 1 unspecified atom stereocenters. The van der Waals surface area contributed by atoms with E-state index in [9.17, 15) is 4.79 Å². The molecule has 21 heavy (non-hydrogen) atoms. The van der Waals surface area contributed by atoms with Gasteiger partial charge in [-0.05, 0) is 50.5 Å². The molecule has 2 heterocycles. The quantitative estimate of drug-likeness (QED) is 0.603. The smallest absolute Gasteiger partial charge is 0.302 e. The van der Waals surface area contributed by atoms with Crippen LogP contribution in [0.2, 0.25) is 0 Å². The van der Waals surface area contributed by atoms with Crippen molar-refractivity contribution in [1.29, 1.82) is 0 Å². The molecule has 114 valence electrons. The summed E-state index contributed by atoms with van der Waals surface area (Å²) in [5.74, 6) is 1.63. The van der Waals surface area contributed by atoms with E-state index >= 15 is 0 Å². The van der Waals surface area contributed by atoms with Crippen LogP contribution in [0.15, 0.2) is 35.0 Å². The average Bonchev–Trinajstić information content (AvgIpc) is 3.03. The van der Waals surface area contributed by atoms with E-state index < -0.39 is 0 Å². The highest BCUT2D eigenvalue weighted by Crippen LogP contribution is 2.37. The molecule has 0 aliphatic carbocycles. The van der Waals surface area contributed by atoms with Crippen LogP contribution < -0.4 is 0 Å². The fraction of sp³-hybridized carbons (Fsp3) is 0.471. The van der Waals surface area contributed by atoms with E-state index in [1.807, 2.05) is 36.9 Å². The third kappa shape index (κ3) is 3.57. The van der Waals surface area contributed by atoms with E-state index in [0.29, 0.717) is 6.61 Å². The maximum absolute atomic E-state index is 10.9. The Balaban J connectivity index is 2.20. The van der Waals surface area contributed by atoms with Crippen molar-refractivity contribution in [2.24, 2.45) is 7.05 Å². The second-order valence-corrected chi connectivity index (χ2v) is 5.75. The molecule has 2 aromatic heterocycles. The van der Waals surface area contributed by atoms with Crippen molar-refractivity contribution in [3.05, 3.63) is 47.7 Å². The SMILES string of the molecule is CC(=O)OCCCC(C)(c1ccn(C)c1)c1ccc(C)o1. The van der Waals surface area contributed by atoms with E-state index in [2.05, 4.69) is 19.2 Å². The summed E-state index contributed by atoms with van der Waals surface area (Å²) < 4.78 is 13.0. The third-order valence-electron chi connectivity index (χ3n) is 3.88. The molecule has 0 aliphatic rings. The molecule has 0 amide bonds.